The Hall–Kier alpha value is -0.743. The Morgan fingerprint density at radius 3 is 2.36 bits per heavy atom. The predicted molar refractivity (Wildman–Crippen MR) is 102 cm³/mol. The van der Waals surface area contributed by atoms with E-state index in [1.807, 2.05) is 0 Å². The molecule has 0 spiro atoms. The van der Waals surface area contributed by atoms with E-state index in [0.717, 1.165) is 14.0 Å². The first-order chi connectivity index (χ1) is 11.2. The smallest absolute Gasteiger partial charge is 0.322 e. The second-order valence-corrected chi connectivity index (χ2v) is 14.9. The Kier molecular flexibility index (Phi) is 7.02. The Morgan fingerprint density at radius 2 is 1.92 bits per heavy atom. The van der Waals surface area contributed by atoms with Crippen molar-refractivity contribution in [1.82, 2.24) is 13.5 Å². The average molecular weight is 392 g/mol. The third-order valence-corrected chi connectivity index (χ3v) is 10.9. The fraction of sp³-hybridized carbons (Fsp3) is 0.812. The first-order valence-electron chi connectivity index (χ1n) is 8.51. The summed E-state index contributed by atoms with van der Waals surface area (Å²) in [6.45, 7) is 13.1. The molecule has 0 aliphatic carbocycles. The van der Waals surface area contributed by atoms with Gasteiger partial charge in [0.1, 0.15) is 0 Å². The highest BCUT2D eigenvalue weighted by Gasteiger charge is 2.37. The van der Waals surface area contributed by atoms with E-state index in [0.29, 0.717) is 18.7 Å². The number of aliphatic hydroxyl groups excluding tert-OH is 1. The molecule has 1 aromatic heterocycles. The molecule has 1 atom stereocenters. The van der Waals surface area contributed by atoms with Crippen LogP contribution in [-0.2, 0) is 27.5 Å². The van der Waals surface area contributed by atoms with Crippen LogP contribution in [0.15, 0.2) is 6.20 Å². The Morgan fingerprint density at radius 1 is 1.36 bits per heavy atom. The van der Waals surface area contributed by atoms with Crippen molar-refractivity contribution in [3.63, 3.8) is 0 Å². The number of hydrogen-bond acceptors (Lipinski definition) is 5. The molecule has 0 radical (unpaired) electrons. The summed E-state index contributed by atoms with van der Waals surface area (Å²) < 4.78 is 33.2. The third kappa shape index (κ3) is 5.37. The summed E-state index contributed by atoms with van der Waals surface area (Å²) in [5.74, 6) is 0. The van der Waals surface area contributed by atoms with E-state index in [1.165, 1.54) is 14.1 Å². The highest BCUT2D eigenvalue weighted by molar-refractivity contribution is 7.87. The van der Waals surface area contributed by atoms with Crippen LogP contribution in [-0.4, -0.2) is 62.1 Å². The maximum Gasteiger partial charge on any atom is 0.322 e. The largest absolute Gasteiger partial charge is 0.416 e. The summed E-state index contributed by atoms with van der Waals surface area (Å²) in [5, 5.41) is 13.9. The van der Waals surface area contributed by atoms with Crippen LogP contribution in [0.3, 0.4) is 0 Å². The topological polar surface area (TPSA) is 84.7 Å². The molecule has 1 rings (SSSR count). The standard InChI is InChI=1S/C16H33N3O4SSi/c1-13(20)11-15-14(9-10-23-25(7,8)16(2,3)4)12-17-19(15)24(21,22)18(5)6/h12-13,20H,9-11H2,1-8H3/t13-/m1/s1. The first-order valence-corrected chi connectivity index (χ1v) is 12.8. The number of nitrogens with zero attached hydrogens (tertiary/aromatic N) is 3. The summed E-state index contributed by atoms with van der Waals surface area (Å²) in [6.07, 6.45) is 1.70. The fourth-order valence-electron chi connectivity index (χ4n) is 2.07. The van der Waals surface area contributed by atoms with E-state index in [-0.39, 0.29) is 11.5 Å². The molecule has 0 saturated carbocycles. The van der Waals surface area contributed by atoms with Crippen LogP contribution in [0, 0.1) is 0 Å². The minimum atomic E-state index is -3.71. The van der Waals surface area contributed by atoms with Gasteiger partial charge in [0, 0.05) is 27.1 Å². The van der Waals surface area contributed by atoms with E-state index in [4.69, 9.17) is 4.43 Å². The van der Waals surface area contributed by atoms with Crippen molar-refractivity contribution in [2.45, 2.75) is 64.8 Å². The molecular weight excluding hydrogens is 358 g/mol. The van der Waals surface area contributed by atoms with Crippen molar-refractivity contribution in [2.24, 2.45) is 0 Å². The van der Waals surface area contributed by atoms with Gasteiger partial charge in [0.25, 0.3) is 0 Å². The second-order valence-electron chi connectivity index (χ2n) is 8.16. The molecule has 1 aromatic rings. The summed E-state index contributed by atoms with van der Waals surface area (Å²) in [4.78, 5) is 0. The minimum absolute atomic E-state index is 0.119. The van der Waals surface area contributed by atoms with Crippen molar-refractivity contribution in [3.8, 4) is 0 Å². The number of aliphatic hydroxyl groups is 1. The van der Waals surface area contributed by atoms with E-state index in [2.05, 4.69) is 39.0 Å². The van der Waals surface area contributed by atoms with Crippen molar-refractivity contribution in [2.75, 3.05) is 20.7 Å². The SMILES string of the molecule is C[C@@H](O)Cc1c(CCO[Si](C)(C)C(C)(C)C)cnn1S(=O)(=O)N(C)C. The van der Waals surface area contributed by atoms with Crippen LogP contribution >= 0.6 is 0 Å². The number of rotatable bonds is 8. The Bertz CT molecular complexity index is 676. The van der Waals surface area contributed by atoms with Crippen LogP contribution in [0.5, 0.6) is 0 Å². The zero-order valence-electron chi connectivity index (χ0n) is 16.7. The van der Waals surface area contributed by atoms with Crippen LogP contribution in [0.25, 0.3) is 0 Å². The third-order valence-electron chi connectivity index (χ3n) is 4.73. The van der Waals surface area contributed by atoms with Gasteiger partial charge >= 0.3 is 10.2 Å². The lowest BCUT2D eigenvalue weighted by Crippen LogP contribution is -2.41. The van der Waals surface area contributed by atoms with Gasteiger partial charge in [0.15, 0.2) is 8.32 Å². The van der Waals surface area contributed by atoms with E-state index >= 15 is 0 Å². The maximum atomic E-state index is 12.4. The molecule has 7 nitrogen and oxygen atoms in total. The van der Waals surface area contributed by atoms with Gasteiger partial charge in [-0.1, -0.05) is 20.8 Å². The highest BCUT2D eigenvalue weighted by Crippen LogP contribution is 2.36. The zero-order chi connectivity index (χ0) is 19.6. The number of aromatic nitrogens is 2. The molecule has 25 heavy (non-hydrogen) atoms. The Labute approximate surface area is 153 Å². The molecule has 0 saturated heterocycles. The summed E-state index contributed by atoms with van der Waals surface area (Å²) in [7, 11) is -2.65. The lowest BCUT2D eigenvalue weighted by atomic mass is 10.1. The molecule has 1 N–H and O–H groups in total. The lowest BCUT2D eigenvalue weighted by molar-refractivity contribution is 0.193. The van der Waals surface area contributed by atoms with Crippen molar-refractivity contribution >= 4 is 18.5 Å². The van der Waals surface area contributed by atoms with E-state index < -0.39 is 24.6 Å². The fourth-order valence-corrected chi connectivity index (χ4v) is 4.06. The van der Waals surface area contributed by atoms with Crippen molar-refractivity contribution in [3.05, 3.63) is 17.5 Å². The summed E-state index contributed by atoms with van der Waals surface area (Å²) in [6, 6.07) is 0. The average Bonchev–Trinajstić information content (AvgIpc) is 2.80. The van der Waals surface area contributed by atoms with Crippen LogP contribution < -0.4 is 0 Å². The molecule has 9 heteroatoms. The van der Waals surface area contributed by atoms with Gasteiger partial charge in [-0.3, -0.25) is 0 Å². The van der Waals surface area contributed by atoms with Gasteiger partial charge in [-0.15, -0.1) is 4.09 Å². The highest BCUT2D eigenvalue weighted by atomic mass is 32.2. The minimum Gasteiger partial charge on any atom is -0.416 e. The van der Waals surface area contributed by atoms with Crippen LogP contribution in [0.1, 0.15) is 39.0 Å². The monoisotopic (exact) mass is 391 g/mol. The van der Waals surface area contributed by atoms with E-state index in [1.54, 1.807) is 13.1 Å². The Balaban J connectivity index is 3.03. The molecule has 146 valence electrons. The molecule has 0 fully saturated rings. The maximum absolute atomic E-state index is 12.4. The molecule has 1 heterocycles. The van der Waals surface area contributed by atoms with Crippen molar-refractivity contribution < 1.29 is 18.0 Å². The van der Waals surface area contributed by atoms with Crippen LogP contribution in [0.4, 0.5) is 0 Å². The normalized spacial score (nSPS) is 15.0. The molecular formula is C16H33N3O4SSi. The predicted octanol–water partition coefficient (Wildman–Crippen LogP) is 2.03. The quantitative estimate of drug-likeness (QED) is 0.685. The van der Waals surface area contributed by atoms with Gasteiger partial charge in [0.05, 0.1) is 18.0 Å². The number of hydrogen-bond donors (Lipinski definition) is 1. The van der Waals surface area contributed by atoms with Crippen molar-refractivity contribution in [1.29, 1.82) is 0 Å². The van der Waals surface area contributed by atoms with Crippen LogP contribution in [0.2, 0.25) is 18.1 Å². The van der Waals surface area contributed by atoms with Gasteiger partial charge in [-0.2, -0.15) is 17.8 Å². The van der Waals surface area contributed by atoms with Gasteiger partial charge in [-0.05, 0) is 37.0 Å². The van der Waals surface area contributed by atoms with Gasteiger partial charge < -0.3 is 9.53 Å². The summed E-state index contributed by atoms with van der Waals surface area (Å²) in [5.41, 5.74) is 1.31. The van der Waals surface area contributed by atoms with Gasteiger partial charge in [-0.25, -0.2) is 0 Å². The zero-order valence-corrected chi connectivity index (χ0v) is 18.5. The first kappa shape index (κ1) is 22.3. The lowest BCUT2D eigenvalue weighted by Gasteiger charge is -2.36. The van der Waals surface area contributed by atoms with E-state index in [9.17, 15) is 13.5 Å². The summed E-state index contributed by atoms with van der Waals surface area (Å²) >= 11 is 0. The molecule has 0 aromatic carbocycles. The molecule has 0 bridgehead atoms. The molecule has 0 unspecified atom stereocenters. The molecule has 0 amide bonds. The molecule has 0 aliphatic rings. The molecule has 0 aliphatic heterocycles. The van der Waals surface area contributed by atoms with Gasteiger partial charge in [0.2, 0.25) is 0 Å². The second kappa shape index (κ2) is 7.87.